The van der Waals surface area contributed by atoms with Crippen molar-refractivity contribution in [2.24, 2.45) is 0 Å². The van der Waals surface area contributed by atoms with Crippen molar-refractivity contribution in [2.75, 3.05) is 0 Å². The van der Waals surface area contributed by atoms with E-state index >= 15 is 0 Å². The molecule has 0 spiro atoms. The van der Waals surface area contributed by atoms with E-state index in [0.29, 0.717) is 11.1 Å². The van der Waals surface area contributed by atoms with Crippen molar-refractivity contribution in [3.05, 3.63) is 83.6 Å². The average Bonchev–Trinajstić information content (AvgIpc) is 3.06. The molecule has 0 bridgehead atoms. The van der Waals surface area contributed by atoms with Crippen LogP contribution in [0.5, 0.6) is 0 Å². The van der Waals surface area contributed by atoms with Gasteiger partial charge in [-0.15, -0.1) is 0 Å². The highest BCUT2D eigenvalue weighted by atomic mass is 16.6. The van der Waals surface area contributed by atoms with Crippen molar-refractivity contribution in [1.29, 1.82) is 0 Å². The van der Waals surface area contributed by atoms with E-state index in [0.717, 1.165) is 16.6 Å². The summed E-state index contributed by atoms with van der Waals surface area (Å²) >= 11 is 0. The van der Waals surface area contributed by atoms with Crippen LogP contribution in [0.15, 0.2) is 73.4 Å². The summed E-state index contributed by atoms with van der Waals surface area (Å²) in [5, 5.41) is 12.3. The Hall–Kier alpha value is -3.54. The average molecular weight is 316 g/mol. The topological polar surface area (TPSA) is 73.8 Å². The third-order valence-corrected chi connectivity index (χ3v) is 3.91. The molecule has 0 unspecified atom stereocenters. The fourth-order valence-corrected chi connectivity index (χ4v) is 2.84. The normalized spacial score (nSPS) is 10.8. The van der Waals surface area contributed by atoms with Gasteiger partial charge in [-0.3, -0.25) is 20.1 Å². The Labute approximate surface area is 137 Å². The highest BCUT2D eigenvalue weighted by Gasteiger charge is 2.19. The number of nitrogens with zero attached hydrogens (tertiary/aromatic N) is 4. The molecule has 0 N–H and O–H groups in total. The van der Waals surface area contributed by atoms with Crippen LogP contribution in [0.3, 0.4) is 0 Å². The van der Waals surface area contributed by atoms with E-state index in [2.05, 4.69) is 9.97 Å². The van der Waals surface area contributed by atoms with Crippen molar-refractivity contribution in [1.82, 2.24) is 14.5 Å². The van der Waals surface area contributed by atoms with Crippen molar-refractivity contribution in [2.45, 2.75) is 0 Å². The fraction of sp³-hybridized carbons (Fsp3) is 0. The van der Waals surface area contributed by atoms with E-state index < -0.39 is 4.92 Å². The van der Waals surface area contributed by atoms with E-state index in [-0.39, 0.29) is 5.69 Å². The summed E-state index contributed by atoms with van der Waals surface area (Å²) in [6.45, 7) is 0. The van der Waals surface area contributed by atoms with Gasteiger partial charge in [0.1, 0.15) is 0 Å². The monoisotopic (exact) mass is 316 g/mol. The SMILES string of the molecule is O=[N+]([O-])c1ccncc1-c1cncc2ccn(-c3ccccc3)c12. The summed E-state index contributed by atoms with van der Waals surface area (Å²) in [6, 6.07) is 13.2. The van der Waals surface area contributed by atoms with E-state index in [1.165, 1.54) is 18.5 Å². The summed E-state index contributed by atoms with van der Waals surface area (Å²) in [5.41, 5.74) is 3.00. The summed E-state index contributed by atoms with van der Waals surface area (Å²) in [5.74, 6) is 0. The van der Waals surface area contributed by atoms with Gasteiger partial charge < -0.3 is 4.57 Å². The van der Waals surface area contributed by atoms with Crippen molar-refractivity contribution >= 4 is 16.6 Å². The molecule has 0 radical (unpaired) electrons. The first-order chi connectivity index (χ1) is 11.8. The molecule has 0 fully saturated rings. The number of rotatable bonds is 3. The highest BCUT2D eigenvalue weighted by Crippen LogP contribution is 2.34. The summed E-state index contributed by atoms with van der Waals surface area (Å²) in [7, 11) is 0. The predicted molar refractivity (Wildman–Crippen MR) is 91.0 cm³/mol. The number of nitro groups is 1. The Morgan fingerprint density at radius 3 is 2.50 bits per heavy atom. The first-order valence-electron chi connectivity index (χ1n) is 7.35. The van der Waals surface area contributed by atoms with Crippen LogP contribution in [-0.2, 0) is 0 Å². The minimum absolute atomic E-state index is 0.0140. The molecule has 6 nitrogen and oxygen atoms in total. The van der Waals surface area contributed by atoms with Gasteiger partial charge in [0.25, 0.3) is 5.69 Å². The summed E-state index contributed by atoms with van der Waals surface area (Å²) in [4.78, 5) is 19.3. The molecule has 3 aromatic heterocycles. The molecule has 0 saturated heterocycles. The van der Waals surface area contributed by atoms with Crippen LogP contribution in [-0.4, -0.2) is 19.5 Å². The van der Waals surface area contributed by atoms with Crippen LogP contribution in [0.2, 0.25) is 0 Å². The zero-order valence-corrected chi connectivity index (χ0v) is 12.5. The van der Waals surface area contributed by atoms with Gasteiger partial charge in [-0.25, -0.2) is 0 Å². The number of pyridine rings is 2. The maximum Gasteiger partial charge on any atom is 0.280 e. The number of aromatic nitrogens is 3. The maximum atomic E-state index is 11.4. The lowest BCUT2D eigenvalue weighted by molar-refractivity contribution is -0.384. The van der Waals surface area contributed by atoms with E-state index in [9.17, 15) is 10.1 Å². The Kier molecular flexibility index (Phi) is 3.28. The maximum absolute atomic E-state index is 11.4. The van der Waals surface area contributed by atoms with Gasteiger partial charge in [0.15, 0.2) is 0 Å². The zero-order chi connectivity index (χ0) is 16.5. The van der Waals surface area contributed by atoms with Crippen LogP contribution in [0.1, 0.15) is 0 Å². The second-order valence-electron chi connectivity index (χ2n) is 5.30. The molecular weight excluding hydrogens is 304 g/mol. The number of hydrogen-bond donors (Lipinski definition) is 0. The van der Waals surface area contributed by atoms with E-state index in [1.54, 1.807) is 12.4 Å². The minimum Gasteiger partial charge on any atom is -0.316 e. The molecular formula is C18H12N4O2. The third kappa shape index (κ3) is 2.21. The lowest BCUT2D eigenvalue weighted by Gasteiger charge is -2.10. The van der Waals surface area contributed by atoms with Gasteiger partial charge in [-0.2, -0.15) is 0 Å². The molecule has 4 aromatic rings. The van der Waals surface area contributed by atoms with Crippen LogP contribution >= 0.6 is 0 Å². The minimum atomic E-state index is -0.397. The second kappa shape index (κ2) is 5.58. The molecule has 0 aliphatic heterocycles. The lowest BCUT2D eigenvalue weighted by Crippen LogP contribution is -1.97. The molecule has 6 heteroatoms. The standard InChI is InChI=1S/C18H12N4O2/c23-22(24)17-6-8-19-11-15(17)16-12-20-10-13-7-9-21(18(13)16)14-4-2-1-3-5-14/h1-12H. The molecule has 0 amide bonds. The molecule has 4 rings (SSSR count). The van der Waals surface area contributed by atoms with Crippen molar-refractivity contribution in [3.8, 4) is 16.8 Å². The van der Waals surface area contributed by atoms with Crippen molar-refractivity contribution < 1.29 is 4.92 Å². The molecule has 0 aliphatic carbocycles. The first kappa shape index (κ1) is 14.1. The van der Waals surface area contributed by atoms with Gasteiger partial charge >= 0.3 is 0 Å². The van der Waals surface area contributed by atoms with E-state index in [1.807, 2.05) is 47.2 Å². The van der Waals surface area contributed by atoms with Gasteiger partial charge in [-0.05, 0) is 18.2 Å². The van der Waals surface area contributed by atoms with Gasteiger partial charge in [0.2, 0.25) is 0 Å². The van der Waals surface area contributed by atoms with Crippen LogP contribution < -0.4 is 0 Å². The lowest BCUT2D eigenvalue weighted by atomic mass is 10.1. The zero-order valence-electron chi connectivity index (χ0n) is 12.5. The first-order valence-corrected chi connectivity index (χ1v) is 7.35. The van der Waals surface area contributed by atoms with Gasteiger partial charge in [0.05, 0.1) is 16.0 Å². The molecule has 24 heavy (non-hydrogen) atoms. The van der Waals surface area contributed by atoms with Crippen LogP contribution in [0, 0.1) is 10.1 Å². The Morgan fingerprint density at radius 2 is 1.71 bits per heavy atom. The second-order valence-corrected chi connectivity index (χ2v) is 5.30. The summed E-state index contributed by atoms with van der Waals surface area (Å²) < 4.78 is 2.00. The molecule has 1 aromatic carbocycles. The van der Waals surface area contributed by atoms with Gasteiger partial charge in [0, 0.05) is 53.7 Å². The predicted octanol–water partition coefficient (Wildman–Crippen LogP) is 4.00. The Bertz CT molecular complexity index is 1040. The smallest absolute Gasteiger partial charge is 0.280 e. The van der Waals surface area contributed by atoms with E-state index in [4.69, 9.17) is 0 Å². The number of benzene rings is 1. The Morgan fingerprint density at radius 1 is 0.917 bits per heavy atom. The van der Waals surface area contributed by atoms with Crippen molar-refractivity contribution in [3.63, 3.8) is 0 Å². The molecule has 0 atom stereocenters. The Balaban J connectivity index is 2.05. The van der Waals surface area contributed by atoms with Gasteiger partial charge in [-0.1, -0.05) is 18.2 Å². The summed E-state index contributed by atoms with van der Waals surface area (Å²) in [6.07, 6.45) is 8.27. The molecule has 0 aliphatic rings. The number of para-hydroxylation sites is 1. The van der Waals surface area contributed by atoms with Crippen LogP contribution in [0.4, 0.5) is 5.69 Å². The number of hydrogen-bond acceptors (Lipinski definition) is 4. The third-order valence-electron chi connectivity index (χ3n) is 3.91. The molecule has 0 saturated carbocycles. The molecule has 3 heterocycles. The van der Waals surface area contributed by atoms with Crippen LogP contribution in [0.25, 0.3) is 27.7 Å². The fourth-order valence-electron chi connectivity index (χ4n) is 2.84. The highest BCUT2D eigenvalue weighted by molar-refractivity contribution is 5.96. The largest absolute Gasteiger partial charge is 0.316 e. The molecule has 116 valence electrons. The quantitative estimate of drug-likeness (QED) is 0.423. The number of fused-ring (bicyclic) bond motifs is 1.